The molecule has 0 saturated carbocycles. The van der Waals surface area contributed by atoms with Crippen molar-refractivity contribution in [1.29, 1.82) is 0 Å². The number of rotatable bonds is 11. The smallest absolute Gasteiger partial charge is 0.303 e. The van der Waals surface area contributed by atoms with Gasteiger partial charge < -0.3 is 27.8 Å². The Morgan fingerprint density at radius 2 is 1.45 bits per heavy atom. The monoisotopic (exact) mass is 826 g/mol. The first kappa shape index (κ1) is 40.6. The molecule has 1 aromatic rings. The van der Waals surface area contributed by atoms with Crippen LogP contribution >= 0.6 is 22.6 Å². The number of benzene rings is 1. The largest absolute Gasteiger partial charge is 0.492 e. The zero-order chi connectivity index (χ0) is 35.8. The zero-order valence-corrected chi connectivity index (χ0v) is 35.1. The summed E-state index contributed by atoms with van der Waals surface area (Å²) in [5.74, 6) is -0.570. The molecule has 0 aliphatic carbocycles. The molecule has 2 aliphatic heterocycles. The van der Waals surface area contributed by atoms with Crippen molar-refractivity contribution in [3.05, 3.63) is 42.2 Å². The Morgan fingerprint density at radius 3 is 1.96 bits per heavy atom. The highest BCUT2D eigenvalue weighted by molar-refractivity contribution is 14.1. The molecule has 10 nitrogen and oxygen atoms in total. The van der Waals surface area contributed by atoms with Gasteiger partial charge in [-0.1, -0.05) is 81.8 Å². The van der Waals surface area contributed by atoms with Gasteiger partial charge in [0.05, 0.1) is 33.4 Å². The number of hydrogen-bond acceptors (Lipinski definition) is 10. The summed E-state index contributed by atoms with van der Waals surface area (Å²) in [5.41, 5.74) is 0.919. The van der Waals surface area contributed by atoms with Crippen LogP contribution in [0.15, 0.2) is 41.5 Å². The Bertz CT molecular complexity index is 1350. The maximum absolute atomic E-state index is 12.9. The molecule has 0 radical (unpaired) electrons. The summed E-state index contributed by atoms with van der Waals surface area (Å²) < 4.78 is 69.6. The van der Waals surface area contributed by atoms with Gasteiger partial charge in [0, 0.05) is 6.92 Å². The predicted octanol–water partition coefficient (Wildman–Crippen LogP) is 7.26. The lowest BCUT2D eigenvalue weighted by Gasteiger charge is -2.51. The lowest BCUT2D eigenvalue weighted by Crippen LogP contribution is -2.64. The third-order valence-electron chi connectivity index (χ3n) is 9.69. The van der Waals surface area contributed by atoms with Crippen molar-refractivity contribution in [2.24, 2.45) is 0 Å². The Morgan fingerprint density at radius 1 is 0.915 bits per heavy atom. The molecule has 0 unspecified atom stereocenters. The lowest BCUT2D eigenvalue weighted by molar-refractivity contribution is -0.259. The minimum atomic E-state index is -4.09. The molecular weight excluding hydrogens is 771 g/mol. The van der Waals surface area contributed by atoms with Crippen molar-refractivity contribution in [3.63, 3.8) is 0 Å². The third kappa shape index (κ3) is 10.1. The average Bonchev–Trinajstić information content (AvgIpc) is 2.92. The maximum atomic E-state index is 12.9. The van der Waals surface area contributed by atoms with Crippen molar-refractivity contribution in [2.45, 2.75) is 150 Å². The molecule has 2 heterocycles. The second kappa shape index (κ2) is 15.2. The van der Waals surface area contributed by atoms with E-state index < -0.39 is 63.9 Å². The SMILES string of the molecule is CC(=O)O[C@H]1[C@H](O[C@@H]2O[C@H](C)[C@@H](O[Si](C)(C)C(C)(C)C)[C@H](O[Si](C)(C)C(C)(C)C)[C@H]2I)C=CO[C@@H]1COS(=O)(=O)c1ccc(C)cc1. The van der Waals surface area contributed by atoms with E-state index in [1.54, 1.807) is 18.2 Å². The van der Waals surface area contributed by atoms with Crippen LogP contribution in [-0.2, 0) is 46.9 Å². The van der Waals surface area contributed by atoms with Gasteiger partial charge in [-0.15, -0.1) is 0 Å². The Kier molecular flexibility index (Phi) is 13.1. The van der Waals surface area contributed by atoms with Gasteiger partial charge in [-0.2, -0.15) is 8.42 Å². The van der Waals surface area contributed by atoms with E-state index in [4.69, 9.17) is 32.0 Å². The van der Waals surface area contributed by atoms with Crippen LogP contribution in [0.2, 0.25) is 36.3 Å². The van der Waals surface area contributed by atoms with Gasteiger partial charge in [-0.25, -0.2) is 0 Å². The molecule has 1 aromatic carbocycles. The summed E-state index contributed by atoms with van der Waals surface area (Å²) in [4.78, 5) is 12.3. The van der Waals surface area contributed by atoms with Crippen LogP contribution in [0.5, 0.6) is 0 Å². The van der Waals surface area contributed by atoms with Crippen LogP contribution in [0.1, 0.15) is 61.0 Å². The van der Waals surface area contributed by atoms with E-state index >= 15 is 0 Å². The third-order valence-corrected chi connectivity index (χ3v) is 21.2. The van der Waals surface area contributed by atoms with E-state index in [1.165, 1.54) is 25.3 Å². The standard InChI is InChI=1S/C33H55IO10SSi2/c1-21-14-16-24(17-15-21)45(36,37)39-20-26-29(41-23(3)35)25(18-19-38-26)42-31-27(34)30(44-47(12,13)33(7,8)9)28(22(2)40-31)43-46(10,11)32(4,5)6/h14-19,22,25-31H,20H2,1-13H3/t22-,25-,26-,27-,28-,29+,30-,31+/m1/s1. The van der Waals surface area contributed by atoms with E-state index in [0.717, 1.165) is 5.56 Å². The van der Waals surface area contributed by atoms with Gasteiger partial charge in [0.1, 0.15) is 12.7 Å². The molecule has 14 heteroatoms. The average molecular weight is 827 g/mol. The quantitative estimate of drug-likeness (QED) is 0.0743. The van der Waals surface area contributed by atoms with Crippen LogP contribution in [0.3, 0.4) is 0 Å². The predicted molar refractivity (Wildman–Crippen MR) is 195 cm³/mol. The fourth-order valence-corrected chi connectivity index (χ4v) is 9.47. The molecule has 2 aliphatic rings. The number of carbonyl (C=O) groups is 1. The van der Waals surface area contributed by atoms with E-state index in [2.05, 4.69) is 90.3 Å². The Labute approximate surface area is 298 Å². The maximum Gasteiger partial charge on any atom is 0.303 e. The fraction of sp³-hybridized carbons (Fsp3) is 0.727. The van der Waals surface area contributed by atoms with Crippen LogP contribution in [0, 0.1) is 6.92 Å². The van der Waals surface area contributed by atoms with Crippen molar-refractivity contribution in [3.8, 4) is 0 Å². The Balaban J connectivity index is 1.88. The molecular formula is C33H55IO10SSi2. The molecule has 1 saturated heterocycles. The molecule has 1 fully saturated rings. The minimum absolute atomic E-state index is 0.0173. The summed E-state index contributed by atoms with van der Waals surface area (Å²) >= 11 is 2.33. The molecule has 8 atom stereocenters. The highest BCUT2D eigenvalue weighted by atomic mass is 127. The van der Waals surface area contributed by atoms with E-state index in [-0.39, 0.29) is 37.2 Å². The van der Waals surface area contributed by atoms with Gasteiger partial charge in [-0.05, 0) is 68.3 Å². The van der Waals surface area contributed by atoms with Crippen LogP contribution in [0.25, 0.3) is 0 Å². The molecule has 0 aromatic heterocycles. The number of alkyl halides is 1. The Hall–Kier alpha value is -0.856. The molecule has 268 valence electrons. The second-order valence-corrected chi connectivity index (χ2v) is 28.1. The van der Waals surface area contributed by atoms with Gasteiger partial charge in [0.25, 0.3) is 10.1 Å². The van der Waals surface area contributed by atoms with Gasteiger partial charge in [0.15, 0.2) is 35.1 Å². The number of aryl methyl sites for hydroxylation is 1. The number of hydrogen-bond donors (Lipinski definition) is 0. The first-order chi connectivity index (χ1) is 21.4. The topological polar surface area (TPSA) is 116 Å². The molecule has 0 spiro atoms. The first-order valence-corrected chi connectivity index (χ1v) is 24.6. The summed E-state index contributed by atoms with van der Waals surface area (Å²) in [6, 6.07) is 6.34. The van der Waals surface area contributed by atoms with Crippen LogP contribution in [-0.4, -0.2) is 84.5 Å². The van der Waals surface area contributed by atoms with Crippen LogP contribution < -0.4 is 0 Å². The van der Waals surface area contributed by atoms with E-state index in [1.807, 2.05) is 13.8 Å². The highest BCUT2D eigenvalue weighted by Crippen LogP contribution is 2.44. The minimum Gasteiger partial charge on any atom is -0.492 e. The summed E-state index contributed by atoms with van der Waals surface area (Å²) in [5, 5.41) is -0.0602. The van der Waals surface area contributed by atoms with Crippen molar-refractivity contribution in [1.82, 2.24) is 0 Å². The van der Waals surface area contributed by atoms with Gasteiger partial charge >= 0.3 is 5.97 Å². The zero-order valence-electron chi connectivity index (χ0n) is 30.2. The molecule has 0 amide bonds. The number of halogens is 1. The van der Waals surface area contributed by atoms with E-state index in [0.29, 0.717) is 0 Å². The van der Waals surface area contributed by atoms with Crippen molar-refractivity contribution >= 4 is 55.3 Å². The van der Waals surface area contributed by atoms with Gasteiger partial charge in [0.2, 0.25) is 0 Å². The fourth-order valence-electron chi connectivity index (χ4n) is 4.70. The van der Waals surface area contributed by atoms with Crippen molar-refractivity contribution in [2.75, 3.05) is 6.61 Å². The second-order valence-electron chi connectivity index (χ2n) is 15.6. The molecule has 3 rings (SSSR count). The molecule has 47 heavy (non-hydrogen) atoms. The molecule has 0 N–H and O–H groups in total. The van der Waals surface area contributed by atoms with Gasteiger partial charge in [-0.3, -0.25) is 8.98 Å². The lowest BCUT2D eigenvalue weighted by atomic mass is 10.0. The summed E-state index contributed by atoms with van der Waals surface area (Å²) in [6.07, 6.45) is -1.53. The van der Waals surface area contributed by atoms with E-state index in [9.17, 15) is 13.2 Å². The number of ether oxygens (including phenoxy) is 4. The van der Waals surface area contributed by atoms with Crippen LogP contribution in [0.4, 0.5) is 0 Å². The summed E-state index contributed by atoms with van der Waals surface area (Å²) in [7, 11) is -8.58. The van der Waals surface area contributed by atoms with Crippen molar-refractivity contribution < 1.29 is 45.2 Å². The highest BCUT2D eigenvalue weighted by Gasteiger charge is 2.53. The first-order valence-electron chi connectivity index (χ1n) is 16.1. The summed E-state index contributed by atoms with van der Waals surface area (Å²) in [6.45, 7) is 26.9. The molecule has 0 bridgehead atoms. The number of carbonyl (C=O) groups excluding carboxylic acids is 1. The normalized spacial score (nSPS) is 29.3. The number of esters is 1.